The van der Waals surface area contributed by atoms with E-state index >= 15 is 0 Å². The third-order valence-electron chi connectivity index (χ3n) is 3.52. The predicted octanol–water partition coefficient (Wildman–Crippen LogP) is 3.23. The van der Waals surface area contributed by atoms with Crippen LogP contribution in [0.25, 0.3) is 0 Å². The summed E-state index contributed by atoms with van der Waals surface area (Å²) in [6.07, 6.45) is 1.02. The van der Waals surface area contributed by atoms with Gasteiger partial charge in [0.15, 0.2) is 0 Å². The molecule has 2 heteroatoms. The second kappa shape index (κ2) is 6.91. The molecule has 1 aromatic carbocycles. The molecule has 0 aliphatic rings. The van der Waals surface area contributed by atoms with E-state index in [-0.39, 0.29) is 5.54 Å². The normalized spacial score (nSPS) is 15.1. The molecule has 0 amide bonds. The van der Waals surface area contributed by atoms with Gasteiger partial charge in [-0.05, 0) is 31.0 Å². The lowest BCUT2D eigenvalue weighted by Crippen LogP contribution is -2.48. The highest BCUT2D eigenvalue weighted by Gasteiger charge is 2.29. The summed E-state index contributed by atoms with van der Waals surface area (Å²) in [5.74, 6) is 0.603. The molecule has 0 saturated heterocycles. The Morgan fingerprint density at radius 2 is 1.67 bits per heavy atom. The van der Waals surface area contributed by atoms with E-state index in [0.717, 1.165) is 26.1 Å². The zero-order valence-electron chi connectivity index (χ0n) is 12.3. The highest BCUT2D eigenvalue weighted by atomic mass is 15.1. The first-order valence-corrected chi connectivity index (χ1v) is 7.08. The van der Waals surface area contributed by atoms with Crippen LogP contribution in [-0.2, 0) is 5.54 Å². The van der Waals surface area contributed by atoms with Crippen molar-refractivity contribution in [2.24, 2.45) is 11.7 Å². The number of likely N-dealkylation sites (N-methyl/N-ethyl adjacent to an activating group) is 1. The molecule has 0 saturated carbocycles. The summed E-state index contributed by atoms with van der Waals surface area (Å²) in [4.78, 5) is 2.41. The molecule has 0 spiro atoms. The van der Waals surface area contributed by atoms with Crippen molar-refractivity contribution >= 4 is 0 Å². The fourth-order valence-corrected chi connectivity index (χ4v) is 2.62. The summed E-state index contributed by atoms with van der Waals surface area (Å²) in [5, 5.41) is 0. The molecule has 2 nitrogen and oxygen atoms in total. The molecular formula is C16H28N2. The second-order valence-corrected chi connectivity index (χ2v) is 5.58. The van der Waals surface area contributed by atoms with E-state index in [4.69, 9.17) is 5.73 Å². The third kappa shape index (κ3) is 4.11. The van der Waals surface area contributed by atoms with Crippen LogP contribution < -0.4 is 5.73 Å². The summed E-state index contributed by atoms with van der Waals surface area (Å²) in [6.45, 7) is 11.9. The minimum absolute atomic E-state index is 0.235. The molecule has 0 aromatic heterocycles. The van der Waals surface area contributed by atoms with Gasteiger partial charge in [-0.3, -0.25) is 0 Å². The Hall–Kier alpha value is -0.860. The Bertz CT molecular complexity index is 330. The van der Waals surface area contributed by atoms with Crippen LogP contribution in [0.1, 0.15) is 39.7 Å². The summed E-state index contributed by atoms with van der Waals surface area (Å²) >= 11 is 0. The van der Waals surface area contributed by atoms with Gasteiger partial charge in [0, 0.05) is 6.54 Å². The number of benzene rings is 1. The molecule has 0 aliphatic carbocycles. The van der Waals surface area contributed by atoms with Crippen molar-refractivity contribution in [2.45, 2.75) is 39.7 Å². The summed E-state index contributed by atoms with van der Waals surface area (Å²) in [7, 11) is 0. The average molecular weight is 248 g/mol. The standard InChI is InChI=1S/C16H28N2/c1-5-18(6-2)13-16(17,12-14(3)4)15-10-8-7-9-11-15/h7-11,14H,5-6,12-13,17H2,1-4H3. The maximum Gasteiger partial charge on any atom is 0.0541 e. The van der Waals surface area contributed by atoms with Gasteiger partial charge in [0.1, 0.15) is 0 Å². The third-order valence-corrected chi connectivity index (χ3v) is 3.52. The Balaban J connectivity index is 2.95. The van der Waals surface area contributed by atoms with Crippen molar-refractivity contribution in [1.82, 2.24) is 4.90 Å². The molecule has 2 N–H and O–H groups in total. The first kappa shape index (κ1) is 15.2. The van der Waals surface area contributed by atoms with Gasteiger partial charge in [-0.15, -0.1) is 0 Å². The van der Waals surface area contributed by atoms with Crippen LogP contribution in [0.3, 0.4) is 0 Å². The number of hydrogen-bond acceptors (Lipinski definition) is 2. The van der Waals surface area contributed by atoms with Crippen LogP contribution in [0.5, 0.6) is 0 Å². The van der Waals surface area contributed by atoms with Crippen LogP contribution in [0.2, 0.25) is 0 Å². The predicted molar refractivity (Wildman–Crippen MR) is 79.6 cm³/mol. The molecule has 1 rings (SSSR count). The first-order chi connectivity index (χ1) is 8.51. The lowest BCUT2D eigenvalue weighted by Gasteiger charge is -2.36. The smallest absolute Gasteiger partial charge is 0.0541 e. The number of nitrogens with two attached hydrogens (primary N) is 1. The van der Waals surface area contributed by atoms with E-state index in [2.05, 4.69) is 62.9 Å². The Kier molecular flexibility index (Phi) is 5.83. The monoisotopic (exact) mass is 248 g/mol. The molecule has 0 fully saturated rings. The maximum absolute atomic E-state index is 6.73. The average Bonchev–Trinajstić information content (AvgIpc) is 2.36. The molecule has 1 atom stereocenters. The Labute approximate surface area is 112 Å². The van der Waals surface area contributed by atoms with Gasteiger partial charge in [-0.25, -0.2) is 0 Å². The fraction of sp³-hybridized carbons (Fsp3) is 0.625. The highest BCUT2D eigenvalue weighted by Crippen LogP contribution is 2.27. The quantitative estimate of drug-likeness (QED) is 0.802. The topological polar surface area (TPSA) is 29.3 Å². The summed E-state index contributed by atoms with van der Waals surface area (Å²) in [5.41, 5.74) is 7.75. The molecule has 18 heavy (non-hydrogen) atoms. The Morgan fingerprint density at radius 3 is 2.11 bits per heavy atom. The SMILES string of the molecule is CCN(CC)CC(N)(CC(C)C)c1ccccc1. The van der Waals surface area contributed by atoms with Gasteiger partial charge < -0.3 is 10.6 Å². The molecule has 1 aromatic rings. The van der Waals surface area contributed by atoms with E-state index in [0.29, 0.717) is 5.92 Å². The fourth-order valence-electron chi connectivity index (χ4n) is 2.62. The minimum Gasteiger partial charge on any atom is -0.320 e. The van der Waals surface area contributed by atoms with Crippen LogP contribution in [0, 0.1) is 5.92 Å². The van der Waals surface area contributed by atoms with Crippen molar-refractivity contribution in [3.8, 4) is 0 Å². The molecule has 0 bridgehead atoms. The van der Waals surface area contributed by atoms with Crippen LogP contribution in [-0.4, -0.2) is 24.5 Å². The van der Waals surface area contributed by atoms with Gasteiger partial charge in [0.2, 0.25) is 0 Å². The van der Waals surface area contributed by atoms with Gasteiger partial charge in [-0.1, -0.05) is 58.0 Å². The van der Waals surface area contributed by atoms with Gasteiger partial charge in [0.05, 0.1) is 5.54 Å². The largest absolute Gasteiger partial charge is 0.320 e. The summed E-state index contributed by atoms with van der Waals surface area (Å²) < 4.78 is 0. The lowest BCUT2D eigenvalue weighted by atomic mass is 9.82. The van der Waals surface area contributed by atoms with E-state index in [1.54, 1.807) is 0 Å². The van der Waals surface area contributed by atoms with Gasteiger partial charge >= 0.3 is 0 Å². The highest BCUT2D eigenvalue weighted by molar-refractivity contribution is 5.24. The van der Waals surface area contributed by atoms with Gasteiger partial charge in [0.25, 0.3) is 0 Å². The molecule has 102 valence electrons. The molecule has 0 aliphatic heterocycles. The zero-order valence-corrected chi connectivity index (χ0v) is 12.3. The Morgan fingerprint density at radius 1 is 1.11 bits per heavy atom. The molecule has 0 radical (unpaired) electrons. The molecule has 0 heterocycles. The van der Waals surface area contributed by atoms with Gasteiger partial charge in [-0.2, -0.15) is 0 Å². The minimum atomic E-state index is -0.235. The number of hydrogen-bond donors (Lipinski definition) is 1. The molecule has 1 unspecified atom stereocenters. The van der Waals surface area contributed by atoms with Crippen molar-refractivity contribution in [3.63, 3.8) is 0 Å². The van der Waals surface area contributed by atoms with Crippen molar-refractivity contribution < 1.29 is 0 Å². The lowest BCUT2D eigenvalue weighted by molar-refractivity contribution is 0.202. The second-order valence-electron chi connectivity index (χ2n) is 5.58. The van der Waals surface area contributed by atoms with E-state index < -0.39 is 0 Å². The van der Waals surface area contributed by atoms with E-state index in [1.807, 2.05) is 0 Å². The van der Waals surface area contributed by atoms with Crippen molar-refractivity contribution in [3.05, 3.63) is 35.9 Å². The van der Waals surface area contributed by atoms with E-state index in [1.165, 1.54) is 5.56 Å². The first-order valence-electron chi connectivity index (χ1n) is 7.08. The van der Waals surface area contributed by atoms with Crippen molar-refractivity contribution in [1.29, 1.82) is 0 Å². The molecular weight excluding hydrogens is 220 g/mol. The van der Waals surface area contributed by atoms with E-state index in [9.17, 15) is 0 Å². The van der Waals surface area contributed by atoms with Crippen LogP contribution in [0.4, 0.5) is 0 Å². The maximum atomic E-state index is 6.73. The number of rotatable bonds is 7. The zero-order chi connectivity index (χ0) is 13.6. The van der Waals surface area contributed by atoms with Crippen molar-refractivity contribution in [2.75, 3.05) is 19.6 Å². The summed E-state index contributed by atoms with van der Waals surface area (Å²) in [6, 6.07) is 10.5. The van der Waals surface area contributed by atoms with Crippen LogP contribution in [0.15, 0.2) is 30.3 Å². The number of nitrogens with zero attached hydrogens (tertiary/aromatic N) is 1. The van der Waals surface area contributed by atoms with Crippen LogP contribution >= 0.6 is 0 Å².